The minimum absolute atomic E-state index is 0.0709. The molecule has 3 amide bonds. The first-order valence-electron chi connectivity index (χ1n) is 6.44. The Bertz CT molecular complexity index is 471. The molecule has 0 unspecified atom stereocenters. The lowest BCUT2D eigenvalue weighted by molar-refractivity contribution is -0.117. The normalized spacial score (nSPS) is 10.0. The molecule has 0 aliphatic carbocycles. The van der Waals surface area contributed by atoms with Crippen molar-refractivity contribution in [3.63, 3.8) is 0 Å². The van der Waals surface area contributed by atoms with Crippen molar-refractivity contribution in [2.24, 2.45) is 0 Å². The van der Waals surface area contributed by atoms with Crippen molar-refractivity contribution in [3.05, 3.63) is 48.3 Å². The Morgan fingerprint density at radius 1 is 1.35 bits per heavy atom. The lowest BCUT2D eigenvalue weighted by Gasteiger charge is -2.25. The van der Waals surface area contributed by atoms with Gasteiger partial charge < -0.3 is 4.90 Å². The van der Waals surface area contributed by atoms with Gasteiger partial charge in [0.15, 0.2) is 0 Å². The second kappa shape index (κ2) is 7.33. The molecule has 0 fully saturated rings. The molecule has 0 saturated carbocycles. The van der Waals surface area contributed by atoms with Crippen molar-refractivity contribution in [1.29, 1.82) is 0 Å². The highest BCUT2D eigenvalue weighted by Crippen LogP contribution is 2.06. The number of hydrogen-bond donors (Lipinski definition) is 1. The third kappa shape index (κ3) is 4.42. The molecule has 1 rings (SSSR count). The van der Waals surface area contributed by atoms with Gasteiger partial charge in [0.05, 0.1) is 6.54 Å². The van der Waals surface area contributed by atoms with Crippen LogP contribution in [0.3, 0.4) is 0 Å². The topological polar surface area (TPSA) is 52.7 Å². The van der Waals surface area contributed by atoms with Gasteiger partial charge in [-0.3, -0.25) is 15.0 Å². The van der Waals surface area contributed by atoms with E-state index in [1.165, 1.54) is 9.80 Å². The van der Waals surface area contributed by atoms with E-state index in [4.69, 9.17) is 0 Å². The number of amides is 3. The summed E-state index contributed by atoms with van der Waals surface area (Å²) in [4.78, 5) is 25.9. The van der Waals surface area contributed by atoms with Gasteiger partial charge in [-0.05, 0) is 19.4 Å². The Morgan fingerprint density at radius 3 is 2.45 bits per heavy atom. The van der Waals surface area contributed by atoms with E-state index in [0.29, 0.717) is 13.0 Å². The molecule has 0 radical (unpaired) electrons. The van der Waals surface area contributed by atoms with Gasteiger partial charge in [-0.25, -0.2) is 4.79 Å². The first-order chi connectivity index (χ1) is 9.45. The summed E-state index contributed by atoms with van der Waals surface area (Å²) in [5.74, 6) is 0.265. The highest BCUT2D eigenvalue weighted by atomic mass is 16.2. The number of nitrogens with zero attached hydrogens (tertiary/aromatic N) is 2. The predicted octanol–water partition coefficient (Wildman–Crippen LogP) is 2.17. The fraction of sp³-hybridized carbons (Fsp3) is 0.333. The molecule has 0 atom stereocenters. The van der Waals surface area contributed by atoms with Gasteiger partial charge in [0.25, 0.3) is 0 Å². The van der Waals surface area contributed by atoms with Crippen molar-refractivity contribution in [3.8, 4) is 0 Å². The molecule has 0 heterocycles. The molecule has 108 valence electrons. The maximum atomic E-state index is 11.9. The molecule has 0 aliphatic rings. The van der Waals surface area contributed by atoms with E-state index in [1.807, 2.05) is 44.2 Å². The number of carbonyl (C=O) groups is 2. The molecule has 1 aromatic rings. The molecule has 0 saturated heterocycles. The second-order valence-corrected chi connectivity index (χ2v) is 4.80. The van der Waals surface area contributed by atoms with Crippen LogP contribution in [0.5, 0.6) is 0 Å². The van der Waals surface area contributed by atoms with Crippen LogP contribution in [-0.4, -0.2) is 35.3 Å². The van der Waals surface area contributed by atoms with Gasteiger partial charge in [0, 0.05) is 13.1 Å². The summed E-state index contributed by atoms with van der Waals surface area (Å²) < 4.78 is 0. The number of rotatable bonds is 6. The van der Waals surface area contributed by atoms with E-state index >= 15 is 0 Å². The zero-order valence-electron chi connectivity index (χ0n) is 12.2. The fourth-order valence-electron chi connectivity index (χ4n) is 1.49. The minimum Gasteiger partial charge on any atom is -0.325 e. The Balaban J connectivity index is 2.64. The molecule has 5 nitrogen and oxygen atoms in total. The number of urea groups is 1. The van der Waals surface area contributed by atoms with Crippen LogP contribution in [0.15, 0.2) is 42.7 Å². The Kier molecular flexibility index (Phi) is 5.77. The van der Waals surface area contributed by atoms with Crippen molar-refractivity contribution in [2.75, 3.05) is 7.05 Å². The van der Waals surface area contributed by atoms with Crippen LogP contribution in [0, 0.1) is 0 Å². The predicted molar refractivity (Wildman–Crippen MR) is 78.6 cm³/mol. The Labute approximate surface area is 119 Å². The smallest absolute Gasteiger partial charge is 0.322 e. The SMILES string of the molecule is C=C(NC(=O)N(C)C(C)C)N(C=O)Cc1ccccc1. The van der Waals surface area contributed by atoms with E-state index in [9.17, 15) is 9.59 Å². The van der Waals surface area contributed by atoms with Gasteiger partial charge in [-0.15, -0.1) is 0 Å². The summed E-state index contributed by atoms with van der Waals surface area (Å²) >= 11 is 0. The van der Waals surface area contributed by atoms with E-state index in [1.54, 1.807) is 7.05 Å². The maximum Gasteiger partial charge on any atom is 0.322 e. The van der Waals surface area contributed by atoms with Crippen LogP contribution in [0.25, 0.3) is 0 Å². The lowest BCUT2D eigenvalue weighted by atomic mass is 10.2. The van der Waals surface area contributed by atoms with Gasteiger partial charge >= 0.3 is 6.03 Å². The molecule has 0 aliphatic heterocycles. The quantitative estimate of drug-likeness (QED) is 0.809. The van der Waals surface area contributed by atoms with Crippen molar-refractivity contribution >= 4 is 12.4 Å². The largest absolute Gasteiger partial charge is 0.325 e. The standard InChI is InChI=1S/C15H21N3O2/c1-12(2)17(4)15(20)16-13(3)18(11-19)10-14-8-6-5-7-9-14/h5-9,11-12H,3,10H2,1-2,4H3,(H,16,20). The molecule has 0 spiro atoms. The second-order valence-electron chi connectivity index (χ2n) is 4.80. The van der Waals surface area contributed by atoms with Crippen molar-refractivity contribution in [2.45, 2.75) is 26.4 Å². The summed E-state index contributed by atoms with van der Waals surface area (Å²) in [5, 5.41) is 2.62. The third-order valence-electron chi connectivity index (χ3n) is 3.02. The molecule has 0 aromatic heterocycles. The zero-order chi connectivity index (χ0) is 15.1. The third-order valence-corrected chi connectivity index (χ3v) is 3.02. The fourth-order valence-corrected chi connectivity index (χ4v) is 1.49. The molecule has 5 heteroatoms. The van der Waals surface area contributed by atoms with Gasteiger partial charge in [-0.2, -0.15) is 0 Å². The molecule has 1 aromatic carbocycles. The molecular formula is C15H21N3O2. The highest BCUT2D eigenvalue weighted by molar-refractivity contribution is 5.76. The van der Waals surface area contributed by atoms with Gasteiger partial charge in [0.2, 0.25) is 6.41 Å². The first kappa shape index (κ1) is 15.8. The summed E-state index contributed by atoms with van der Waals surface area (Å²) in [6, 6.07) is 9.30. The van der Waals surface area contributed by atoms with E-state index in [-0.39, 0.29) is 17.9 Å². The lowest BCUT2D eigenvalue weighted by Crippen LogP contribution is -2.43. The van der Waals surface area contributed by atoms with Gasteiger partial charge in [0.1, 0.15) is 5.82 Å². The van der Waals surface area contributed by atoms with Crippen LogP contribution in [0.2, 0.25) is 0 Å². The summed E-state index contributed by atoms with van der Waals surface area (Å²) in [6.45, 7) is 7.92. The minimum atomic E-state index is -0.287. The van der Waals surface area contributed by atoms with E-state index < -0.39 is 0 Å². The first-order valence-corrected chi connectivity index (χ1v) is 6.44. The average Bonchev–Trinajstić information content (AvgIpc) is 2.44. The van der Waals surface area contributed by atoms with Crippen LogP contribution in [0.4, 0.5) is 4.79 Å². The van der Waals surface area contributed by atoms with Crippen LogP contribution < -0.4 is 5.32 Å². The summed E-state index contributed by atoms with van der Waals surface area (Å²) in [7, 11) is 1.69. The van der Waals surface area contributed by atoms with E-state index in [2.05, 4.69) is 11.9 Å². The van der Waals surface area contributed by atoms with Crippen molar-refractivity contribution in [1.82, 2.24) is 15.1 Å². The molecular weight excluding hydrogens is 254 g/mol. The number of hydrogen-bond acceptors (Lipinski definition) is 2. The average molecular weight is 275 g/mol. The Morgan fingerprint density at radius 2 is 1.95 bits per heavy atom. The van der Waals surface area contributed by atoms with E-state index in [0.717, 1.165) is 5.56 Å². The monoisotopic (exact) mass is 275 g/mol. The van der Waals surface area contributed by atoms with Crippen molar-refractivity contribution < 1.29 is 9.59 Å². The molecule has 0 bridgehead atoms. The van der Waals surface area contributed by atoms with Crippen LogP contribution in [0.1, 0.15) is 19.4 Å². The summed E-state index contributed by atoms with van der Waals surface area (Å²) in [5.41, 5.74) is 0.965. The number of nitrogens with one attached hydrogen (secondary N) is 1. The Hall–Kier alpha value is -2.30. The van der Waals surface area contributed by atoms with Crippen LogP contribution >= 0.6 is 0 Å². The highest BCUT2D eigenvalue weighted by Gasteiger charge is 2.15. The maximum absolute atomic E-state index is 11.9. The van der Waals surface area contributed by atoms with Crippen LogP contribution in [-0.2, 0) is 11.3 Å². The zero-order valence-corrected chi connectivity index (χ0v) is 12.2. The van der Waals surface area contributed by atoms with Gasteiger partial charge in [-0.1, -0.05) is 36.9 Å². The molecule has 20 heavy (non-hydrogen) atoms. The number of carbonyl (C=O) groups excluding carboxylic acids is 2. The summed E-state index contributed by atoms with van der Waals surface area (Å²) in [6.07, 6.45) is 0.658. The molecule has 1 N–H and O–H groups in total. The number of benzene rings is 1.